The van der Waals surface area contributed by atoms with Gasteiger partial charge < -0.3 is 15.0 Å². The first kappa shape index (κ1) is 22.1. The van der Waals surface area contributed by atoms with Gasteiger partial charge in [-0.1, -0.05) is 23.9 Å². The molecule has 1 N–H and O–H groups in total. The van der Waals surface area contributed by atoms with Crippen LogP contribution in [0.4, 0.5) is 20.4 Å². The Bertz CT molecular complexity index is 1080. The van der Waals surface area contributed by atoms with Crippen molar-refractivity contribution < 1.29 is 18.3 Å². The molecule has 1 fully saturated rings. The number of carbonyl (C=O) groups excluding carboxylic acids is 1. The van der Waals surface area contributed by atoms with Gasteiger partial charge in [-0.25, -0.2) is 8.78 Å². The van der Waals surface area contributed by atoms with Gasteiger partial charge in [0, 0.05) is 24.8 Å². The van der Waals surface area contributed by atoms with Crippen LogP contribution in [0.3, 0.4) is 0 Å². The number of nitrogens with zero attached hydrogens (tertiary/aromatic N) is 4. The molecule has 2 heterocycles. The van der Waals surface area contributed by atoms with Crippen molar-refractivity contribution in [2.45, 2.75) is 24.4 Å². The Morgan fingerprint density at radius 3 is 2.53 bits per heavy atom. The van der Waals surface area contributed by atoms with E-state index in [2.05, 4.69) is 20.4 Å². The first-order chi connectivity index (χ1) is 15.5. The number of anilines is 2. The van der Waals surface area contributed by atoms with Gasteiger partial charge in [-0.3, -0.25) is 9.36 Å². The summed E-state index contributed by atoms with van der Waals surface area (Å²) >= 11 is 1.19. The van der Waals surface area contributed by atoms with Gasteiger partial charge in [-0.05, 0) is 43.5 Å². The topological polar surface area (TPSA) is 72.3 Å². The molecule has 0 atom stereocenters. The molecule has 1 aliphatic heterocycles. The van der Waals surface area contributed by atoms with Crippen LogP contribution in [0.5, 0.6) is 5.75 Å². The second kappa shape index (κ2) is 9.99. The lowest BCUT2D eigenvalue weighted by atomic mass is 10.1. The lowest BCUT2D eigenvalue weighted by Gasteiger charge is -2.28. The van der Waals surface area contributed by atoms with Crippen molar-refractivity contribution in [1.82, 2.24) is 14.8 Å². The average molecular weight is 460 g/mol. The Labute approximate surface area is 188 Å². The Kier molecular flexibility index (Phi) is 6.89. The van der Waals surface area contributed by atoms with E-state index in [1.54, 1.807) is 7.11 Å². The zero-order valence-electron chi connectivity index (χ0n) is 17.6. The molecule has 10 heteroatoms. The van der Waals surface area contributed by atoms with Crippen molar-refractivity contribution in [3.63, 3.8) is 0 Å². The van der Waals surface area contributed by atoms with Crippen LogP contribution >= 0.6 is 11.8 Å². The van der Waals surface area contributed by atoms with Crippen molar-refractivity contribution in [2.75, 3.05) is 36.2 Å². The van der Waals surface area contributed by atoms with Gasteiger partial charge in [0.15, 0.2) is 5.16 Å². The number of para-hydroxylation sites is 2. The molecular weight excluding hydrogens is 436 g/mol. The fraction of sp³-hybridized carbons (Fsp3) is 0.318. The number of thioether (sulfide) groups is 1. The van der Waals surface area contributed by atoms with Crippen molar-refractivity contribution in [2.24, 2.45) is 0 Å². The summed E-state index contributed by atoms with van der Waals surface area (Å²) in [5.41, 5.74) is 0.837. The quantitative estimate of drug-likeness (QED) is 0.532. The number of nitrogens with one attached hydrogen (secondary N) is 1. The number of hydrogen-bond acceptors (Lipinski definition) is 6. The third-order valence-corrected chi connectivity index (χ3v) is 5.99. The summed E-state index contributed by atoms with van der Waals surface area (Å²) in [5.74, 6) is -0.568. The molecule has 0 saturated carbocycles. The summed E-state index contributed by atoms with van der Waals surface area (Å²) in [6.07, 6.45) is 3.34. The molecule has 1 amide bonds. The highest BCUT2D eigenvalue weighted by atomic mass is 32.2. The van der Waals surface area contributed by atoms with Gasteiger partial charge in [0.05, 0.1) is 18.6 Å². The van der Waals surface area contributed by atoms with Gasteiger partial charge in [0.25, 0.3) is 0 Å². The molecule has 4 rings (SSSR count). The number of halogens is 2. The number of methoxy groups -OCH3 is 1. The molecule has 1 aromatic heterocycles. The highest BCUT2D eigenvalue weighted by molar-refractivity contribution is 7.99. The summed E-state index contributed by atoms with van der Waals surface area (Å²) in [6, 6.07) is 10.4. The first-order valence-electron chi connectivity index (χ1n) is 10.3. The molecule has 0 spiro atoms. The van der Waals surface area contributed by atoms with Crippen LogP contribution in [-0.2, 0) is 4.79 Å². The molecular formula is C22H23F2N5O2S. The van der Waals surface area contributed by atoms with Crippen LogP contribution in [0.15, 0.2) is 47.6 Å². The smallest absolute Gasteiger partial charge is 0.234 e. The third kappa shape index (κ3) is 5.01. The normalized spacial score (nSPS) is 13.8. The monoisotopic (exact) mass is 459 g/mol. The molecule has 168 valence electrons. The second-order valence-corrected chi connectivity index (χ2v) is 8.28. The van der Waals surface area contributed by atoms with E-state index in [0.29, 0.717) is 16.9 Å². The molecule has 0 bridgehead atoms. The number of hydrogen-bond donors (Lipinski definition) is 1. The van der Waals surface area contributed by atoms with Crippen LogP contribution < -0.4 is 15.0 Å². The van der Waals surface area contributed by atoms with Crippen molar-refractivity contribution in [3.8, 4) is 11.4 Å². The number of amides is 1. The van der Waals surface area contributed by atoms with E-state index in [0.717, 1.165) is 49.8 Å². The summed E-state index contributed by atoms with van der Waals surface area (Å²) < 4.78 is 34.2. The SMILES string of the molecule is COc1ccccc1-n1c(SCC(=O)Nc2cc(F)cc(F)c2)nnc1N1CCCCC1. The molecule has 1 aliphatic rings. The molecule has 7 nitrogen and oxygen atoms in total. The molecule has 32 heavy (non-hydrogen) atoms. The molecule has 0 aliphatic carbocycles. The van der Waals surface area contributed by atoms with Gasteiger partial charge >= 0.3 is 0 Å². The number of aromatic nitrogens is 3. The van der Waals surface area contributed by atoms with Gasteiger partial charge in [0.2, 0.25) is 11.9 Å². The fourth-order valence-corrected chi connectivity index (χ4v) is 4.37. The van der Waals surface area contributed by atoms with E-state index in [-0.39, 0.29) is 11.4 Å². The number of piperidine rings is 1. The number of ether oxygens (including phenoxy) is 1. The Hall–Kier alpha value is -3.14. The van der Waals surface area contributed by atoms with E-state index >= 15 is 0 Å². The van der Waals surface area contributed by atoms with E-state index < -0.39 is 17.5 Å². The Balaban J connectivity index is 1.58. The third-order valence-electron chi connectivity index (χ3n) is 5.06. The summed E-state index contributed by atoms with van der Waals surface area (Å²) in [6.45, 7) is 1.76. The minimum absolute atomic E-state index is 0.00852. The van der Waals surface area contributed by atoms with Crippen molar-refractivity contribution in [3.05, 3.63) is 54.1 Å². The predicted molar refractivity (Wildman–Crippen MR) is 120 cm³/mol. The van der Waals surface area contributed by atoms with Crippen LogP contribution in [0, 0.1) is 11.6 Å². The van der Waals surface area contributed by atoms with E-state index in [4.69, 9.17) is 4.74 Å². The zero-order valence-corrected chi connectivity index (χ0v) is 18.4. The largest absolute Gasteiger partial charge is 0.495 e. The number of carbonyl (C=O) groups is 1. The molecule has 2 aromatic carbocycles. The molecule has 0 unspecified atom stereocenters. The lowest BCUT2D eigenvalue weighted by Crippen LogP contribution is -2.31. The van der Waals surface area contributed by atoms with Gasteiger partial charge in [0.1, 0.15) is 17.4 Å². The molecule has 1 saturated heterocycles. The molecule has 0 radical (unpaired) electrons. The summed E-state index contributed by atoms with van der Waals surface area (Å²) in [7, 11) is 1.60. The Morgan fingerprint density at radius 2 is 1.81 bits per heavy atom. The second-order valence-electron chi connectivity index (χ2n) is 7.33. The van der Waals surface area contributed by atoms with Crippen LogP contribution in [0.25, 0.3) is 5.69 Å². The maximum atomic E-state index is 13.4. The van der Waals surface area contributed by atoms with Crippen molar-refractivity contribution >= 4 is 29.3 Å². The minimum Gasteiger partial charge on any atom is -0.495 e. The standard InChI is InChI=1S/C22H23F2N5O2S/c1-31-19-8-4-3-7-18(19)29-21(28-9-5-2-6-10-28)26-27-22(29)32-14-20(30)25-17-12-15(23)11-16(24)13-17/h3-4,7-8,11-13H,2,5-6,9-10,14H2,1H3,(H,25,30). The van der Waals surface area contributed by atoms with Crippen LogP contribution in [0.2, 0.25) is 0 Å². The van der Waals surface area contributed by atoms with E-state index in [9.17, 15) is 13.6 Å². The predicted octanol–water partition coefficient (Wildman–Crippen LogP) is 4.28. The zero-order chi connectivity index (χ0) is 22.5. The fourth-order valence-electron chi connectivity index (χ4n) is 3.63. The highest BCUT2D eigenvalue weighted by Crippen LogP contribution is 2.32. The van der Waals surface area contributed by atoms with E-state index in [1.807, 2.05) is 28.8 Å². The van der Waals surface area contributed by atoms with Gasteiger partial charge in [-0.15, -0.1) is 10.2 Å². The highest BCUT2D eigenvalue weighted by Gasteiger charge is 2.23. The van der Waals surface area contributed by atoms with Crippen LogP contribution in [0.1, 0.15) is 19.3 Å². The van der Waals surface area contributed by atoms with E-state index in [1.165, 1.54) is 18.2 Å². The minimum atomic E-state index is -0.755. The summed E-state index contributed by atoms with van der Waals surface area (Å²) in [5, 5.41) is 11.8. The van der Waals surface area contributed by atoms with Gasteiger partial charge in [-0.2, -0.15) is 0 Å². The lowest BCUT2D eigenvalue weighted by molar-refractivity contribution is -0.113. The maximum Gasteiger partial charge on any atom is 0.234 e. The molecule has 3 aromatic rings. The van der Waals surface area contributed by atoms with Crippen LogP contribution in [-0.4, -0.2) is 46.6 Å². The maximum absolute atomic E-state index is 13.4. The summed E-state index contributed by atoms with van der Waals surface area (Å²) in [4.78, 5) is 14.6. The number of rotatable bonds is 7. The number of benzene rings is 2. The Morgan fingerprint density at radius 1 is 1.09 bits per heavy atom. The van der Waals surface area contributed by atoms with Crippen molar-refractivity contribution in [1.29, 1.82) is 0 Å². The average Bonchev–Trinajstić information content (AvgIpc) is 3.21. The first-order valence-corrected chi connectivity index (χ1v) is 11.3.